The van der Waals surface area contributed by atoms with Crippen LogP contribution in [0.3, 0.4) is 0 Å². The minimum atomic E-state index is -0.590. The first-order valence-electron chi connectivity index (χ1n) is 13.5. The Kier molecular flexibility index (Phi) is 8.44. The highest BCUT2D eigenvalue weighted by Gasteiger charge is 2.27. The molecule has 5 rings (SSSR count). The van der Waals surface area contributed by atoms with Crippen LogP contribution in [0.15, 0.2) is 91.0 Å². The molecule has 0 radical (unpaired) electrons. The van der Waals surface area contributed by atoms with Crippen LogP contribution in [0.25, 0.3) is 11.3 Å². The topological polar surface area (TPSA) is 69.6 Å². The number of hydrogen-bond donors (Lipinski definition) is 0. The van der Waals surface area contributed by atoms with Crippen molar-refractivity contribution in [3.63, 3.8) is 0 Å². The molecule has 204 valence electrons. The first-order valence-corrected chi connectivity index (χ1v) is 13.5. The number of aryl methyl sites for hydroxylation is 1. The number of piperazine rings is 1. The summed E-state index contributed by atoms with van der Waals surface area (Å²) in [5.41, 5.74) is 4.04. The van der Waals surface area contributed by atoms with E-state index >= 15 is 0 Å². The van der Waals surface area contributed by atoms with E-state index in [-0.39, 0.29) is 18.0 Å². The van der Waals surface area contributed by atoms with Crippen LogP contribution in [0.1, 0.15) is 21.5 Å². The lowest BCUT2D eigenvalue weighted by atomic mass is 10.1. The zero-order valence-electron chi connectivity index (χ0n) is 22.5. The van der Waals surface area contributed by atoms with Crippen LogP contribution in [0.2, 0.25) is 0 Å². The fourth-order valence-corrected chi connectivity index (χ4v) is 4.79. The number of carbonyl (C=O) groups is 2. The van der Waals surface area contributed by atoms with Crippen LogP contribution in [0.5, 0.6) is 0 Å². The van der Waals surface area contributed by atoms with Crippen molar-refractivity contribution in [1.29, 1.82) is 0 Å². The fourth-order valence-electron chi connectivity index (χ4n) is 4.79. The van der Waals surface area contributed by atoms with Gasteiger partial charge in [-0.1, -0.05) is 72.3 Å². The molecule has 1 fully saturated rings. The van der Waals surface area contributed by atoms with Crippen LogP contribution in [-0.4, -0.2) is 71.1 Å². The molecule has 2 amide bonds. The molecule has 40 heavy (non-hydrogen) atoms. The Bertz CT molecular complexity index is 1440. The first kappa shape index (κ1) is 27.0. The van der Waals surface area contributed by atoms with Gasteiger partial charge in [0.05, 0.1) is 11.3 Å². The standard InChI is InChI=1S/C32H32FN5O2/c1-24-11-13-26(14-12-24)29-15-16-30(35-34-29)36-19-21-37(22-20-36)31(39)23-38(18-17-25-7-3-2-4-8-25)32(40)27-9-5-6-10-28(27)33/h2-16H,17-23H2,1H3. The van der Waals surface area contributed by atoms with Crippen LogP contribution in [-0.2, 0) is 11.2 Å². The van der Waals surface area contributed by atoms with E-state index in [1.54, 1.807) is 17.0 Å². The molecule has 4 aromatic rings. The van der Waals surface area contributed by atoms with Crippen molar-refractivity contribution in [1.82, 2.24) is 20.0 Å². The first-order chi connectivity index (χ1) is 19.5. The second-order valence-electron chi connectivity index (χ2n) is 9.95. The average molecular weight is 538 g/mol. The summed E-state index contributed by atoms with van der Waals surface area (Å²) < 4.78 is 14.4. The van der Waals surface area contributed by atoms with Crippen molar-refractivity contribution in [3.05, 3.63) is 114 Å². The molecule has 0 aliphatic carbocycles. The highest BCUT2D eigenvalue weighted by molar-refractivity contribution is 5.96. The third-order valence-electron chi connectivity index (χ3n) is 7.18. The molecule has 8 heteroatoms. The van der Waals surface area contributed by atoms with Gasteiger partial charge >= 0.3 is 0 Å². The molecule has 0 saturated carbocycles. The van der Waals surface area contributed by atoms with Crippen molar-refractivity contribution in [2.45, 2.75) is 13.3 Å². The summed E-state index contributed by atoms with van der Waals surface area (Å²) in [6, 6.07) is 27.7. The Hall–Kier alpha value is -4.59. The molecule has 2 heterocycles. The zero-order valence-corrected chi connectivity index (χ0v) is 22.5. The van der Waals surface area contributed by atoms with Gasteiger partial charge in [0.15, 0.2) is 5.82 Å². The number of rotatable bonds is 8. The number of amides is 2. The van der Waals surface area contributed by atoms with E-state index < -0.39 is 11.7 Å². The molecular formula is C32H32FN5O2. The van der Waals surface area contributed by atoms with E-state index in [1.165, 1.54) is 22.6 Å². The molecule has 1 aliphatic rings. The highest BCUT2D eigenvalue weighted by Crippen LogP contribution is 2.20. The van der Waals surface area contributed by atoms with Crippen LogP contribution in [0, 0.1) is 12.7 Å². The number of anilines is 1. The van der Waals surface area contributed by atoms with E-state index in [1.807, 2.05) is 73.7 Å². The number of carbonyl (C=O) groups excluding carboxylic acids is 2. The smallest absolute Gasteiger partial charge is 0.257 e. The lowest BCUT2D eigenvalue weighted by Crippen LogP contribution is -2.52. The maximum absolute atomic E-state index is 14.4. The summed E-state index contributed by atoms with van der Waals surface area (Å²) in [4.78, 5) is 31.9. The van der Waals surface area contributed by atoms with Gasteiger partial charge in [-0.2, -0.15) is 0 Å². The van der Waals surface area contributed by atoms with Gasteiger partial charge in [0.25, 0.3) is 5.91 Å². The molecule has 3 aromatic carbocycles. The van der Waals surface area contributed by atoms with Gasteiger partial charge in [0.2, 0.25) is 5.91 Å². The maximum Gasteiger partial charge on any atom is 0.257 e. The fraction of sp³-hybridized carbons (Fsp3) is 0.250. The number of aromatic nitrogens is 2. The third-order valence-corrected chi connectivity index (χ3v) is 7.18. The second kappa shape index (κ2) is 12.5. The van der Waals surface area contributed by atoms with Crippen LogP contribution in [0.4, 0.5) is 10.2 Å². The molecule has 1 aromatic heterocycles. The van der Waals surface area contributed by atoms with Gasteiger partial charge in [0.1, 0.15) is 12.4 Å². The minimum Gasteiger partial charge on any atom is -0.352 e. The summed E-state index contributed by atoms with van der Waals surface area (Å²) in [5, 5.41) is 8.82. The van der Waals surface area contributed by atoms with Gasteiger partial charge in [-0.25, -0.2) is 4.39 Å². The predicted molar refractivity (Wildman–Crippen MR) is 153 cm³/mol. The van der Waals surface area contributed by atoms with Crippen molar-refractivity contribution >= 4 is 17.6 Å². The van der Waals surface area contributed by atoms with Gasteiger partial charge in [0, 0.05) is 38.3 Å². The molecular weight excluding hydrogens is 505 g/mol. The van der Waals surface area contributed by atoms with E-state index in [2.05, 4.69) is 15.1 Å². The van der Waals surface area contributed by atoms with Crippen molar-refractivity contribution in [3.8, 4) is 11.3 Å². The highest BCUT2D eigenvalue weighted by atomic mass is 19.1. The monoisotopic (exact) mass is 537 g/mol. The normalized spacial score (nSPS) is 13.2. The Labute approximate surface area is 233 Å². The van der Waals surface area contributed by atoms with E-state index in [0.717, 1.165) is 22.6 Å². The minimum absolute atomic E-state index is 0.0270. The Morgan fingerprint density at radius 3 is 2.20 bits per heavy atom. The quantitative estimate of drug-likeness (QED) is 0.328. The Balaban J connectivity index is 1.21. The van der Waals surface area contributed by atoms with Crippen LogP contribution >= 0.6 is 0 Å². The molecule has 0 atom stereocenters. The molecule has 7 nitrogen and oxygen atoms in total. The molecule has 1 aliphatic heterocycles. The van der Waals surface area contributed by atoms with Crippen molar-refractivity contribution in [2.75, 3.05) is 44.2 Å². The third kappa shape index (κ3) is 6.51. The van der Waals surface area contributed by atoms with Crippen LogP contribution < -0.4 is 4.90 Å². The summed E-state index contributed by atoms with van der Waals surface area (Å²) in [7, 11) is 0. The molecule has 1 saturated heterocycles. The van der Waals surface area contributed by atoms with Crippen molar-refractivity contribution < 1.29 is 14.0 Å². The zero-order chi connectivity index (χ0) is 27.9. The summed E-state index contributed by atoms with van der Waals surface area (Å²) in [6.07, 6.45) is 0.569. The Morgan fingerprint density at radius 1 is 0.825 bits per heavy atom. The number of halogens is 1. The summed E-state index contributed by atoms with van der Waals surface area (Å²) >= 11 is 0. The second-order valence-corrected chi connectivity index (χ2v) is 9.95. The van der Waals surface area contributed by atoms with E-state index in [4.69, 9.17) is 0 Å². The van der Waals surface area contributed by atoms with Crippen molar-refractivity contribution in [2.24, 2.45) is 0 Å². The average Bonchev–Trinajstić information content (AvgIpc) is 3.00. The Morgan fingerprint density at radius 2 is 1.52 bits per heavy atom. The van der Waals surface area contributed by atoms with Gasteiger partial charge in [-0.3, -0.25) is 9.59 Å². The largest absolute Gasteiger partial charge is 0.352 e. The van der Waals surface area contributed by atoms with E-state index in [9.17, 15) is 14.0 Å². The molecule has 0 bridgehead atoms. The number of nitrogens with zero attached hydrogens (tertiary/aromatic N) is 5. The molecule has 0 N–H and O–H groups in total. The number of hydrogen-bond acceptors (Lipinski definition) is 5. The maximum atomic E-state index is 14.4. The summed E-state index contributed by atoms with van der Waals surface area (Å²) in [6.45, 7) is 4.47. The molecule has 0 spiro atoms. The molecule has 0 unspecified atom stereocenters. The van der Waals surface area contributed by atoms with E-state index in [0.29, 0.717) is 39.1 Å². The summed E-state index contributed by atoms with van der Waals surface area (Å²) in [5.74, 6) is -0.460. The van der Waals surface area contributed by atoms with Gasteiger partial charge in [-0.05, 0) is 43.2 Å². The number of benzene rings is 3. The van der Waals surface area contributed by atoms with Gasteiger partial charge < -0.3 is 14.7 Å². The SMILES string of the molecule is Cc1ccc(-c2ccc(N3CCN(C(=O)CN(CCc4ccccc4)C(=O)c4ccccc4F)CC3)nn2)cc1. The van der Waals surface area contributed by atoms with Gasteiger partial charge in [-0.15, -0.1) is 10.2 Å². The predicted octanol–water partition coefficient (Wildman–Crippen LogP) is 4.62. The lowest BCUT2D eigenvalue weighted by molar-refractivity contribution is -0.132. The lowest BCUT2D eigenvalue weighted by Gasteiger charge is -2.36.